The van der Waals surface area contributed by atoms with Crippen LogP contribution in [0.5, 0.6) is 11.5 Å². The number of ether oxygens (including phenoxy) is 2. The van der Waals surface area contributed by atoms with E-state index in [2.05, 4.69) is 10.0 Å². The lowest BCUT2D eigenvalue weighted by atomic mass is 10.3. The quantitative estimate of drug-likeness (QED) is 0.754. The highest BCUT2D eigenvalue weighted by Crippen LogP contribution is 2.29. The van der Waals surface area contributed by atoms with Crippen LogP contribution in [0.4, 0.5) is 5.69 Å². The molecule has 2 N–H and O–H groups in total. The van der Waals surface area contributed by atoms with Gasteiger partial charge in [0.25, 0.3) is 0 Å². The first-order valence-corrected chi connectivity index (χ1v) is 8.15. The maximum Gasteiger partial charge on any atom is 0.234 e. The van der Waals surface area contributed by atoms with Crippen LogP contribution in [0.15, 0.2) is 18.2 Å². The van der Waals surface area contributed by atoms with Gasteiger partial charge in [0.1, 0.15) is 11.5 Å². The Bertz CT molecular complexity index is 555. The average Bonchev–Trinajstić information content (AvgIpc) is 3.22. The zero-order chi connectivity index (χ0) is 14.6. The van der Waals surface area contributed by atoms with Crippen molar-refractivity contribution >= 4 is 15.7 Å². The molecule has 20 heavy (non-hydrogen) atoms. The lowest BCUT2D eigenvalue weighted by Crippen LogP contribution is -2.28. The van der Waals surface area contributed by atoms with Crippen LogP contribution in [-0.2, 0) is 10.0 Å². The molecule has 0 spiro atoms. The van der Waals surface area contributed by atoms with Crippen LogP contribution in [0.1, 0.15) is 12.8 Å². The van der Waals surface area contributed by atoms with Gasteiger partial charge in [0.05, 0.1) is 25.7 Å². The monoisotopic (exact) mass is 300 g/mol. The van der Waals surface area contributed by atoms with Gasteiger partial charge in [0, 0.05) is 18.7 Å². The van der Waals surface area contributed by atoms with Crippen LogP contribution in [0, 0.1) is 0 Å². The fourth-order valence-electron chi connectivity index (χ4n) is 1.79. The molecular formula is C13H20N2O4S. The van der Waals surface area contributed by atoms with Crippen molar-refractivity contribution < 1.29 is 17.9 Å². The molecule has 1 fully saturated rings. The molecule has 0 unspecified atom stereocenters. The highest BCUT2D eigenvalue weighted by atomic mass is 32.2. The Morgan fingerprint density at radius 3 is 2.60 bits per heavy atom. The second-order valence-corrected chi connectivity index (χ2v) is 6.56. The maximum absolute atomic E-state index is 12.0. The average molecular weight is 300 g/mol. The van der Waals surface area contributed by atoms with E-state index in [0.29, 0.717) is 29.8 Å². The zero-order valence-corrected chi connectivity index (χ0v) is 12.5. The van der Waals surface area contributed by atoms with Crippen molar-refractivity contribution in [2.75, 3.05) is 31.2 Å². The van der Waals surface area contributed by atoms with E-state index < -0.39 is 10.0 Å². The molecule has 0 atom stereocenters. The van der Waals surface area contributed by atoms with Gasteiger partial charge in [-0.15, -0.1) is 0 Å². The number of anilines is 1. The van der Waals surface area contributed by atoms with Crippen molar-refractivity contribution in [2.24, 2.45) is 0 Å². The lowest BCUT2D eigenvalue weighted by molar-refractivity contribution is 0.395. The van der Waals surface area contributed by atoms with Crippen LogP contribution in [-0.4, -0.2) is 41.0 Å². The molecule has 2 rings (SSSR count). The van der Waals surface area contributed by atoms with E-state index >= 15 is 0 Å². The van der Waals surface area contributed by atoms with Crippen molar-refractivity contribution in [3.8, 4) is 11.5 Å². The first kappa shape index (κ1) is 14.9. The second kappa shape index (κ2) is 6.32. The molecule has 1 aliphatic rings. The Kier molecular flexibility index (Phi) is 4.72. The summed E-state index contributed by atoms with van der Waals surface area (Å²) in [5, 5.41) is 3.17. The highest BCUT2D eigenvalue weighted by Gasteiger charge is 2.21. The third kappa shape index (κ3) is 4.28. The summed E-state index contributed by atoms with van der Waals surface area (Å²) in [6.07, 6.45) is 2.28. The Morgan fingerprint density at radius 2 is 2.00 bits per heavy atom. The smallest absolute Gasteiger partial charge is 0.234 e. The summed E-state index contributed by atoms with van der Waals surface area (Å²) < 4.78 is 36.7. The normalized spacial score (nSPS) is 14.9. The first-order valence-electron chi connectivity index (χ1n) is 6.50. The molecule has 1 aromatic rings. The minimum atomic E-state index is -3.39. The third-order valence-electron chi connectivity index (χ3n) is 3.06. The van der Waals surface area contributed by atoms with Gasteiger partial charge in [-0.25, -0.2) is 8.42 Å². The molecular weight excluding hydrogens is 280 g/mol. The number of sulfonamides is 1. The van der Waals surface area contributed by atoms with E-state index in [1.165, 1.54) is 7.11 Å². The van der Waals surface area contributed by atoms with E-state index in [1.807, 2.05) is 0 Å². The predicted molar refractivity (Wildman–Crippen MR) is 78.0 cm³/mol. The molecule has 112 valence electrons. The molecule has 1 saturated carbocycles. The van der Waals surface area contributed by atoms with Gasteiger partial charge in [0.2, 0.25) is 10.0 Å². The summed E-state index contributed by atoms with van der Waals surface area (Å²) in [6, 6.07) is 5.45. The summed E-state index contributed by atoms with van der Waals surface area (Å²) in [4.78, 5) is 0. The fraction of sp³-hybridized carbons (Fsp3) is 0.538. The Hall–Kier alpha value is -1.47. The Labute approximate surface area is 119 Å². The predicted octanol–water partition coefficient (Wildman–Crippen LogP) is 1.20. The standard InChI is InChI=1S/C13H20N2O4S/c1-18-11-5-6-12(13(9-11)19-2)15-20(16,17)8-7-14-10-3-4-10/h5-6,9-10,14-15H,3-4,7-8H2,1-2H3. The molecule has 0 amide bonds. The van der Waals surface area contributed by atoms with Gasteiger partial charge in [-0.3, -0.25) is 4.72 Å². The first-order chi connectivity index (χ1) is 9.54. The van der Waals surface area contributed by atoms with Crippen molar-refractivity contribution in [1.82, 2.24) is 5.32 Å². The number of methoxy groups -OCH3 is 2. The summed E-state index contributed by atoms with van der Waals surface area (Å²) in [6.45, 7) is 0.457. The van der Waals surface area contributed by atoms with Crippen molar-refractivity contribution in [3.05, 3.63) is 18.2 Å². The van der Waals surface area contributed by atoms with Gasteiger partial charge in [0.15, 0.2) is 0 Å². The number of nitrogens with one attached hydrogen (secondary N) is 2. The van der Waals surface area contributed by atoms with Gasteiger partial charge < -0.3 is 14.8 Å². The number of rotatable bonds is 8. The van der Waals surface area contributed by atoms with Crippen LogP contribution in [0.3, 0.4) is 0 Å². The van der Waals surface area contributed by atoms with Crippen molar-refractivity contribution in [2.45, 2.75) is 18.9 Å². The summed E-state index contributed by atoms with van der Waals surface area (Å²) in [7, 11) is -0.357. The Morgan fingerprint density at radius 1 is 1.25 bits per heavy atom. The molecule has 0 heterocycles. The second-order valence-electron chi connectivity index (χ2n) is 4.72. The van der Waals surface area contributed by atoms with E-state index in [-0.39, 0.29) is 5.75 Å². The van der Waals surface area contributed by atoms with Gasteiger partial charge in [-0.1, -0.05) is 0 Å². The summed E-state index contributed by atoms with van der Waals surface area (Å²) in [5.41, 5.74) is 0.416. The minimum Gasteiger partial charge on any atom is -0.497 e. The molecule has 0 bridgehead atoms. The van der Waals surface area contributed by atoms with E-state index in [9.17, 15) is 8.42 Å². The molecule has 0 aromatic heterocycles. The van der Waals surface area contributed by atoms with Crippen molar-refractivity contribution in [3.63, 3.8) is 0 Å². The largest absolute Gasteiger partial charge is 0.497 e. The van der Waals surface area contributed by atoms with Gasteiger partial charge in [-0.2, -0.15) is 0 Å². The summed E-state index contributed by atoms with van der Waals surface area (Å²) >= 11 is 0. The topological polar surface area (TPSA) is 76.7 Å². The SMILES string of the molecule is COc1ccc(NS(=O)(=O)CCNC2CC2)c(OC)c1. The molecule has 6 nitrogen and oxygen atoms in total. The lowest BCUT2D eigenvalue weighted by Gasteiger charge is -2.13. The van der Waals surface area contributed by atoms with Gasteiger partial charge >= 0.3 is 0 Å². The van der Waals surface area contributed by atoms with E-state index in [0.717, 1.165) is 12.8 Å². The number of hydrogen-bond donors (Lipinski definition) is 2. The van der Waals surface area contributed by atoms with Crippen molar-refractivity contribution in [1.29, 1.82) is 0 Å². The molecule has 7 heteroatoms. The molecule has 1 aliphatic carbocycles. The summed E-state index contributed by atoms with van der Waals surface area (Å²) in [5.74, 6) is 1.09. The molecule has 0 aliphatic heterocycles. The van der Waals surface area contributed by atoms with Crippen LogP contribution >= 0.6 is 0 Å². The maximum atomic E-state index is 12.0. The zero-order valence-electron chi connectivity index (χ0n) is 11.7. The van der Waals surface area contributed by atoms with E-state index in [1.54, 1.807) is 25.3 Å². The Balaban J connectivity index is 1.99. The minimum absolute atomic E-state index is 0.0404. The number of benzene rings is 1. The molecule has 0 radical (unpaired) electrons. The highest BCUT2D eigenvalue weighted by molar-refractivity contribution is 7.92. The third-order valence-corrected chi connectivity index (χ3v) is 4.33. The number of hydrogen-bond acceptors (Lipinski definition) is 5. The fourth-order valence-corrected chi connectivity index (χ4v) is 2.78. The van der Waals surface area contributed by atoms with Crippen LogP contribution < -0.4 is 19.5 Å². The van der Waals surface area contributed by atoms with Crippen LogP contribution in [0.25, 0.3) is 0 Å². The van der Waals surface area contributed by atoms with Gasteiger partial charge in [-0.05, 0) is 25.0 Å². The molecule has 0 saturated heterocycles. The van der Waals surface area contributed by atoms with E-state index in [4.69, 9.17) is 9.47 Å². The molecule has 1 aromatic carbocycles. The van der Waals surface area contributed by atoms with Crippen LogP contribution in [0.2, 0.25) is 0 Å².